The van der Waals surface area contributed by atoms with Crippen LogP contribution in [0.1, 0.15) is 87.2 Å². The Kier molecular flexibility index (Phi) is 9.04. The molecule has 38 heavy (non-hydrogen) atoms. The highest BCUT2D eigenvalue weighted by atomic mass is 32.1. The molecule has 8 nitrogen and oxygen atoms in total. The number of amides is 2. The first-order valence-electron chi connectivity index (χ1n) is 13.9. The first-order valence-corrected chi connectivity index (χ1v) is 14.7. The maximum absolute atomic E-state index is 14.0. The largest absolute Gasteiger partial charge is 0.477 e. The molecule has 1 aliphatic carbocycles. The highest BCUT2D eigenvalue weighted by Crippen LogP contribution is 2.38. The lowest BCUT2D eigenvalue weighted by Gasteiger charge is -2.34. The van der Waals surface area contributed by atoms with Gasteiger partial charge < -0.3 is 25.0 Å². The van der Waals surface area contributed by atoms with Crippen LogP contribution >= 0.6 is 11.3 Å². The number of nitrogens with zero attached hydrogens (tertiary/aromatic N) is 2. The van der Waals surface area contributed by atoms with Crippen molar-refractivity contribution in [2.75, 3.05) is 31.1 Å². The number of hydrogen-bond acceptors (Lipinski definition) is 6. The van der Waals surface area contributed by atoms with E-state index in [9.17, 15) is 19.5 Å². The van der Waals surface area contributed by atoms with Gasteiger partial charge in [0.15, 0.2) is 0 Å². The average Bonchev–Trinajstić information content (AvgIpc) is 3.52. The van der Waals surface area contributed by atoms with Crippen molar-refractivity contribution in [2.24, 2.45) is 17.3 Å². The van der Waals surface area contributed by atoms with Gasteiger partial charge in [0.2, 0.25) is 5.91 Å². The Hall–Kier alpha value is -2.57. The van der Waals surface area contributed by atoms with Crippen molar-refractivity contribution in [2.45, 2.75) is 84.8 Å². The number of thiophene rings is 1. The van der Waals surface area contributed by atoms with Gasteiger partial charge in [-0.15, -0.1) is 11.3 Å². The van der Waals surface area contributed by atoms with E-state index in [0.29, 0.717) is 36.0 Å². The number of nitrogens with one attached hydrogen (secondary N) is 1. The summed E-state index contributed by atoms with van der Waals surface area (Å²) in [6, 6.07) is 1.45. The van der Waals surface area contributed by atoms with Crippen LogP contribution in [0, 0.1) is 29.1 Å². The summed E-state index contributed by atoms with van der Waals surface area (Å²) in [5, 5.41) is 13.4. The molecule has 2 saturated heterocycles. The van der Waals surface area contributed by atoms with E-state index >= 15 is 0 Å². The zero-order valence-electron chi connectivity index (χ0n) is 23.0. The molecule has 208 valence electrons. The molecule has 1 aromatic heterocycles. The number of hydrogen-bond donors (Lipinski definition) is 2. The summed E-state index contributed by atoms with van der Waals surface area (Å²) in [6.07, 6.45) is 5.30. The van der Waals surface area contributed by atoms with E-state index in [4.69, 9.17) is 4.74 Å². The van der Waals surface area contributed by atoms with Gasteiger partial charge in [0, 0.05) is 24.4 Å². The summed E-state index contributed by atoms with van der Waals surface area (Å²) in [4.78, 5) is 43.4. The minimum atomic E-state index is -1.07. The number of carboxylic acid groups (broad SMARTS) is 1. The predicted molar refractivity (Wildman–Crippen MR) is 149 cm³/mol. The number of carbonyl (C=O) groups excluding carboxylic acids is 2. The number of piperidine rings is 1. The normalized spacial score (nSPS) is 24.4. The number of rotatable bonds is 5. The molecule has 0 unspecified atom stereocenters. The molecular formula is C29H41N3O5S. The lowest BCUT2D eigenvalue weighted by atomic mass is 9.82. The second-order valence-corrected chi connectivity index (χ2v) is 13.1. The van der Waals surface area contributed by atoms with Gasteiger partial charge in [-0.05, 0) is 90.8 Å². The Morgan fingerprint density at radius 1 is 1.11 bits per heavy atom. The maximum Gasteiger partial charge on any atom is 0.410 e. The minimum absolute atomic E-state index is 0.0360. The molecule has 4 rings (SSSR count). The molecule has 0 aromatic carbocycles. The fraction of sp³-hybridized carbons (Fsp3) is 0.690. The summed E-state index contributed by atoms with van der Waals surface area (Å²) in [5.74, 6) is 5.64. The van der Waals surface area contributed by atoms with E-state index in [1.54, 1.807) is 15.9 Å². The topological polar surface area (TPSA) is 99.2 Å². The Balaban J connectivity index is 1.61. The first kappa shape index (κ1) is 28.4. The van der Waals surface area contributed by atoms with Gasteiger partial charge in [-0.3, -0.25) is 4.79 Å². The maximum atomic E-state index is 14.0. The fourth-order valence-corrected chi connectivity index (χ4v) is 6.31. The van der Waals surface area contributed by atoms with Crippen LogP contribution in [0.2, 0.25) is 0 Å². The number of ether oxygens (including phenoxy) is 1. The van der Waals surface area contributed by atoms with Gasteiger partial charge in [0.05, 0.1) is 16.6 Å². The van der Waals surface area contributed by atoms with Crippen LogP contribution in [0.5, 0.6) is 0 Å². The van der Waals surface area contributed by atoms with E-state index in [1.165, 1.54) is 0 Å². The van der Waals surface area contributed by atoms with Crippen molar-refractivity contribution in [1.82, 2.24) is 10.2 Å². The SMILES string of the molecule is CC1CCC(C(=O)N(c2cc(C#CC(C)(C)C)sc2C(=O)O)[C@H]2CCN(C(=O)OC3CCNCC3)C2)CC1. The quantitative estimate of drug-likeness (QED) is 0.509. The molecule has 3 fully saturated rings. The number of likely N-dealkylation sites (tertiary alicyclic amines) is 1. The van der Waals surface area contributed by atoms with E-state index in [2.05, 4.69) is 24.1 Å². The number of anilines is 1. The third kappa shape index (κ3) is 7.09. The number of aromatic carboxylic acids is 1. The Bertz CT molecular complexity index is 1080. The zero-order chi connectivity index (χ0) is 27.4. The van der Waals surface area contributed by atoms with Gasteiger partial charge in [-0.25, -0.2) is 9.59 Å². The van der Waals surface area contributed by atoms with Gasteiger partial charge in [0.1, 0.15) is 11.0 Å². The Morgan fingerprint density at radius 2 is 1.79 bits per heavy atom. The molecule has 2 amide bonds. The monoisotopic (exact) mass is 543 g/mol. The molecule has 9 heteroatoms. The van der Waals surface area contributed by atoms with Gasteiger partial charge in [-0.1, -0.05) is 18.8 Å². The standard InChI is InChI=1S/C29H41N3O5S/c1-19-5-7-20(8-6-19)26(33)32(24-17-23(9-13-29(2,3)4)38-25(24)27(34)35)21-12-16-31(18-21)28(36)37-22-10-14-30-15-11-22/h17,19-22,30H,5-8,10-12,14-16,18H2,1-4H3,(H,34,35)/t19?,20?,21-/m0/s1. The van der Waals surface area contributed by atoms with Crippen LogP contribution in [0.25, 0.3) is 0 Å². The highest BCUT2D eigenvalue weighted by Gasteiger charge is 2.40. The lowest BCUT2D eigenvalue weighted by molar-refractivity contribution is -0.124. The van der Waals surface area contributed by atoms with E-state index < -0.39 is 5.97 Å². The first-order chi connectivity index (χ1) is 18.0. The third-order valence-corrected chi connectivity index (χ3v) is 8.70. The third-order valence-electron chi connectivity index (χ3n) is 7.67. The smallest absolute Gasteiger partial charge is 0.410 e. The van der Waals surface area contributed by atoms with Crippen LogP contribution in [0.3, 0.4) is 0 Å². The molecule has 1 aromatic rings. The van der Waals surface area contributed by atoms with Crippen LogP contribution in [-0.2, 0) is 9.53 Å². The average molecular weight is 544 g/mol. The van der Waals surface area contributed by atoms with Crippen molar-refractivity contribution < 1.29 is 24.2 Å². The zero-order valence-corrected chi connectivity index (χ0v) is 23.9. The molecule has 2 N–H and O–H groups in total. The lowest BCUT2D eigenvalue weighted by Crippen LogP contribution is -2.47. The van der Waals surface area contributed by atoms with Crippen LogP contribution in [-0.4, -0.2) is 66.3 Å². The van der Waals surface area contributed by atoms with Crippen molar-refractivity contribution in [3.8, 4) is 11.8 Å². The van der Waals surface area contributed by atoms with Crippen LogP contribution < -0.4 is 10.2 Å². The van der Waals surface area contributed by atoms with E-state index in [1.807, 2.05) is 20.8 Å². The van der Waals surface area contributed by atoms with Crippen molar-refractivity contribution in [3.05, 3.63) is 15.8 Å². The van der Waals surface area contributed by atoms with Crippen molar-refractivity contribution >= 4 is 35.0 Å². The number of carbonyl (C=O) groups is 3. The molecule has 0 bridgehead atoms. The summed E-state index contributed by atoms with van der Waals surface area (Å²) in [7, 11) is 0. The minimum Gasteiger partial charge on any atom is -0.477 e. The number of carboxylic acids is 1. The summed E-state index contributed by atoms with van der Waals surface area (Å²) < 4.78 is 5.76. The summed E-state index contributed by atoms with van der Waals surface area (Å²) in [6.45, 7) is 10.7. The molecule has 1 saturated carbocycles. The molecule has 1 atom stereocenters. The molecule has 0 spiro atoms. The Labute approximate surface area is 230 Å². The summed E-state index contributed by atoms with van der Waals surface area (Å²) in [5.41, 5.74) is 0.172. The molecule has 3 aliphatic rings. The predicted octanol–water partition coefficient (Wildman–Crippen LogP) is 4.97. The van der Waals surface area contributed by atoms with E-state index in [-0.39, 0.29) is 40.4 Å². The second-order valence-electron chi connectivity index (χ2n) is 12.0. The second kappa shape index (κ2) is 12.1. The van der Waals surface area contributed by atoms with Gasteiger partial charge >= 0.3 is 12.1 Å². The highest BCUT2D eigenvalue weighted by molar-refractivity contribution is 7.15. The van der Waals surface area contributed by atoms with Crippen LogP contribution in [0.15, 0.2) is 6.07 Å². The van der Waals surface area contributed by atoms with E-state index in [0.717, 1.165) is 63.0 Å². The summed E-state index contributed by atoms with van der Waals surface area (Å²) >= 11 is 1.11. The van der Waals surface area contributed by atoms with Crippen molar-refractivity contribution in [3.63, 3.8) is 0 Å². The molecule has 3 heterocycles. The van der Waals surface area contributed by atoms with Gasteiger partial charge in [-0.2, -0.15) is 0 Å². The molecule has 0 radical (unpaired) electrons. The molecule has 2 aliphatic heterocycles. The van der Waals surface area contributed by atoms with Crippen LogP contribution in [0.4, 0.5) is 10.5 Å². The van der Waals surface area contributed by atoms with Crippen molar-refractivity contribution in [1.29, 1.82) is 0 Å². The fourth-order valence-electron chi connectivity index (χ4n) is 5.47. The Morgan fingerprint density at radius 3 is 2.42 bits per heavy atom. The van der Waals surface area contributed by atoms with Gasteiger partial charge in [0.25, 0.3) is 0 Å². The molecular weight excluding hydrogens is 502 g/mol.